The number of rotatable bonds is 7. The molecule has 0 aliphatic carbocycles. The Morgan fingerprint density at radius 1 is 1.26 bits per heavy atom. The topological polar surface area (TPSA) is 67.2 Å². The van der Waals surface area contributed by atoms with E-state index >= 15 is 0 Å². The summed E-state index contributed by atoms with van der Waals surface area (Å²) in [6.45, 7) is 8.28. The first-order valence-electron chi connectivity index (χ1n) is 9.61. The van der Waals surface area contributed by atoms with Crippen LogP contribution in [-0.4, -0.2) is 46.1 Å². The van der Waals surface area contributed by atoms with Crippen molar-refractivity contribution in [3.05, 3.63) is 52.8 Å². The normalized spacial score (nSPS) is 16.8. The highest BCUT2D eigenvalue weighted by molar-refractivity contribution is 5.86. The minimum Gasteiger partial charge on any atom is -0.354 e. The van der Waals surface area contributed by atoms with E-state index in [2.05, 4.69) is 24.3 Å². The number of carbonyl (C=O) groups is 2. The van der Waals surface area contributed by atoms with Crippen LogP contribution in [0.1, 0.15) is 41.8 Å². The molecule has 6 heteroatoms. The van der Waals surface area contributed by atoms with Gasteiger partial charge in [-0.05, 0) is 38.3 Å². The summed E-state index contributed by atoms with van der Waals surface area (Å²) in [5.41, 5.74) is 4.53. The number of carbonyl (C=O) groups excluding carboxylic acids is 2. The quantitative estimate of drug-likeness (QED) is 0.815. The Morgan fingerprint density at radius 3 is 2.67 bits per heavy atom. The van der Waals surface area contributed by atoms with Crippen LogP contribution in [0.3, 0.4) is 0 Å². The Morgan fingerprint density at radius 2 is 2.00 bits per heavy atom. The molecule has 2 aromatic rings. The second-order valence-electron chi connectivity index (χ2n) is 7.15. The van der Waals surface area contributed by atoms with E-state index in [-0.39, 0.29) is 24.3 Å². The Hall–Kier alpha value is -2.63. The number of aromatic nitrogens is 2. The maximum Gasteiger partial charge on any atom is 0.239 e. The first-order valence-corrected chi connectivity index (χ1v) is 9.61. The molecule has 1 fully saturated rings. The van der Waals surface area contributed by atoms with Gasteiger partial charge in [-0.2, -0.15) is 5.10 Å². The summed E-state index contributed by atoms with van der Waals surface area (Å²) in [4.78, 5) is 26.2. The van der Waals surface area contributed by atoms with E-state index in [9.17, 15) is 9.59 Å². The lowest BCUT2D eigenvalue weighted by atomic mass is 9.99. The molecule has 3 rings (SSSR count). The van der Waals surface area contributed by atoms with Crippen molar-refractivity contribution in [2.45, 2.75) is 46.1 Å². The van der Waals surface area contributed by atoms with E-state index in [1.807, 2.05) is 41.9 Å². The summed E-state index contributed by atoms with van der Waals surface area (Å²) >= 11 is 0. The molecule has 1 N–H and O–H groups in total. The van der Waals surface area contributed by atoms with Crippen molar-refractivity contribution in [3.8, 4) is 0 Å². The van der Waals surface area contributed by atoms with Gasteiger partial charge in [0.2, 0.25) is 11.8 Å². The van der Waals surface area contributed by atoms with Crippen molar-refractivity contribution >= 4 is 11.8 Å². The first-order chi connectivity index (χ1) is 13.0. The molecule has 27 heavy (non-hydrogen) atoms. The first kappa shape index (κ1) is 19.1. The molecule has 1 aliphatic rings. The summed E-state index contributed by atoms with van der Waals surface area (Å²) in [7, 11) is 0. The van der Waals surface area contributed by atoms with Crippen LogP contribution in [0.15, 0.2) is 30.3 Å². The molecule has 144 valence electrons. The van der Waals surface area contributed by atoms with Crippen LogP contribution < -0.4 is 5.32 Å². The van der Waals surface area contributed by atoms with E-state index in [0.29, 0.717) is 19.5 Å². The molecule has 1 aromatic carbocycles. The number of amides is 2. The Bertz CT molecular complexity index is 813. The lowest BCUT2D eigenvalue weighted by Gasteiger charge is -2.16. The fourth-order valence-electron chi connectivity index (χ4n) is 3.83. The SMILES string of the molecule is CCn1nc(C)c(CCNC(=O)CN2C[C@H](c3ccccc3)CC2=O)c1C. The second-order valence-corrected chi connectivity index (χ2v) is 7.15. The Labute approximate surface area is 160 Å². The number of nitrogens with one attached hydrogen (secondary N) is 1. The van der Waals surface area contributed by atoms with E-state index in [4.69, 9.17) is 0 Å². The molecule has 6 nitrogen and oxygen atoms in total. The van der Waals surface area contributed by atoms with Gasteiger partial charge in [0.05, 0.1) is 12.2 Å². The summed E-state index contributed by atoms with van der Waals surface area (Å²) in [6, 6.07) is 10.0. The van der Waals surface area contributed by atoms with Crippen LogP contribution in [0, 0.1) is 13.8 Å². The molecule has 0 radical (unpaired) electrons. The molecule has 2 amide bonds. The smallest absolute Gasteiger partial charge is 0.239 e. The largest absolute Gasteiger partial charge is 0.354 e. The zero-order valence-corrected chi connectivity index (χ0v) is 16.4. The third-order valence-electron chi connectivity index (χ3n) is 5.35. The zero-order chi connectivity index (χ0) is 19.4. The van der Waals surface area contributed by atoms with Crippen molar-refractivity contribution in [1.82, 2.24) is 20.0 Å². The highest BCUT2D eigenvalue weighted by atomic mass is 16.2. The van der Waals surface area contributed by atoms with Crippen molar-refractivity contribution in [1.29, 1.82) is 0 Å². The molecule has 1 aromatic heterocycles. The summed E-state index contributed by atoms with van der Waals surface area (Å²) in [6.07, 6.45) is 1.23. The van der Waals surface area contributed by atoms with Gasteiger partial charge < -0.3 is 10.2 Å². The molecule has 0 saturated carbocycles. The molecule has 0 unspecified atom stereocenters. The molecular formula is C21H28N4O2. The predicted octanol–water partition coefficient (Wildman–Crippen LogP) is 2.19. The average molecular weight is 368 g/mol. The summed E-state index contributed by atoms with van der Waals surface area (Å²) < 4.78 is 1.99. The average Bonchev–Trinajstić information content (AvgIpc) is 3.16. The van der Waals surface area contributed by atoms with Gasteiger partial charge in [-0.1, -0.05) is 30.3 Å². The van der Waals surface area contributed by atoms with Crippen LogP contribution in [0.5, 0.6) is 0 Å². The number of hydrogen-bond acceptors (Lipinski definition) is 3. The van der Waals surface area contributed by atoms with Gasteiger partial charge in [-0.15, -0.1) is 0 Å². The van der Waals surface area contributed by atoms with E-state index < -0.39 is 0 Å². The lowest BCUT2D eigenvalue weighted by Crippen LogP contribution is -2.38. The van der Waals surface area contributed by atoms with Gasteiger partial charge in [-0.3, -0.25) is 14.3 Å². The Balaban J connectivity index is 1.48. The number of nitrogens with zero attached hydrogens (tertiary/aromatic N) is 3. The van der Waals surface area contributed by atoms with Crippen molar-refractivity contribution in [2.24, 2.45) is 0 Å². The third kappa shape index (κ3) is 4.38. The van der Waals surface area contributed by atoms with Gasteiger partial charge in [0.15, 0.2) is 0 Å². The third-order valence-corrected chi connectivity index (χ3v) is 5.35. The van der Waals surface area contributed by atoms with Crippen LogP contribution >= 0.6 is 0 Å². The maximum atomic E-state index is 12.3. The molecule has 0 spiro atoms. The van der Waals surface area contributed by atoms with Gasteiger partial charge in [-0.25, -0.2) is 0 Å². The summed E-state index contributed by atoms with van der Waals surface area (Å²) in [5, 5.41) is 7.45. The van der Waals surface area contributed by atoms with Crippen molar-refractivity contribution < 1.29 is 9.59 Å². The second kappa shape index (κ2) is 8.37. The predicted molar refractivity (Wildman–Crippen MR) is 104 cm³/mol. The number of aryl methyl sites for hydroxylation is 2. The van der Waals surface area contributed by atoms with Crippen LogP contribution in [-0.2, 0) is 22.6 Å². The van der Waals surface area contributed by atoms with Gasteiger partial charge in [0.25, 0.3) is 0 Å². The van der Waals surface area contributed by atoms with E-state index in [1.165, 1.54) is 5.56 Å². The van der Waals surface area contributed by atoms with Gasteiger partial charge >= 0.3 is 0 Å². The van der Waals surface area contributed by atoms with Gasteiger partial charge in [0, 0.05) is 37.7 Å². The zero-order valence-electron chi connectivity index (χ0n) is 16.4. The minimum absolute atomic E-state index is 0.0508. The molecular weight excluding hydrogens is 340 g/mol. The fraction of sp³-hybridized carbons (Fsp3) is 0.476. The molecule has 1 aliphatic heterocycles. The van der Waals surface area contributed by atoms with E-state index in [0.717, 1.165) is 29.9 Å². The molecule has 2 heterocycles. The number of benzene rings is 1. The maximum absolute atomic E-state index is 12.3. The lowest BCUT2D eigenvalue weighted by molar-refractivity contribution is -0.133. The van der Waals surface area contributed by atoms with Gasteiger partial charge in [0.1, 0.15) is 0 Å². The van der Waals surface area contributed by atoms with E-state index in [1.54, 1.807) is 4.90 Å². The monoisotopic (exact) mass is 368 g/mol. The number of likely N-dealkylation sites (tertiary alicyclic amines) is 1. The van der Waals surface area contributed by atoms with Crippen LogP contribution in [0.25, 0.3) is 0 Å². The molecule has 1 saturated heterocycles. The number of hydrogen-bond donors (Lipinski definition) is 1. The highest BCUT2D eigenvalue weighted by Gasteiger charge is 2.31. The van der Waals surface area contributed by atoms with Crippen LogP contribution in [0.2, 0.25) is 0 Å². The molecule has 1 atom stereocenters. The summed E-state index contributed by atoms with van der Waals surface area (Å²) in [5.74, 6) is 0.127. The van der Waals surface area contributed by atoms with Crippen molar-refractivity contribution in [3.63, 3.8) is 0 Å². The van der Waals surface area contributed by atoms with Crippen molar-refractivity contribution in [2.75, 3.05) is 19.6 Å². The standard InChI is InChI=1S/C21H28N4O2/c1-4-25-16(3)19(15(2)23-25)10-11-22-20(26)14-24-13-18(12-21(24)27)17-8-6-5-7-9-17/h5-9,18H,4,10-14H2,1-3H3,(H,22,26)/t18-/m1/s1. The highest BCUT2D eigenvalue weighted by Crippen LogP contribution is 2.27. The molecule has 0 bridgehead atoms. The minimum atomic E-state index is -0.102. The van der Waals surface area contributed by atoms with Crippen LogP contribution in [0.4, 0.5) is 0 Å². The Kier molecular flexibility index (Phi) is 5.94. The fourth-order valence-corrected chi connectivity index (χ4v) is 3.83.